The second-order valence-electron chi connectivity index (χ2n) is 4.24. The molecule has 0 unspecified atom stereocenters. The molecule has 6 heteroatoms. The Bertz CT molecular complexity index is 654. The number of carbonyl (C=O) groups is 1. The van der Waals surface area contributed by atoms with Crippen molar-refractivity contribution in [3.8, 4) is 0 Å². The minimum absolute atomic E-state index is 0.211. The third kappa shape index (κ3) is 1.90. The summed E-state index contributed by atoms with van der Waals surface area (Å²) < 4.78 is 1.71. The van der Waals surface area contributed by atoms with Crippen LogP contribution >= 0.6 is 0 Å². The number of hydrogen-bond donors (Lipinski definition) is 2. The fraction of sp³-hybridized carbons (Fsp3) is 0.417. The molecule has 2 heterocycles. The molecule has 0 atom stereocenters. The smallest absolute Gasteiger partial charge is 0.341 e. The van der Waals surface area contributed by atoms with Crippen LogP contribution in [0.4, 0.5) is 0 Å². The molecule has 2 aromatic rings. The lowest BCUT2D eigenvalue weighted by atomic mass is 10.1. The number of rotatable bonds is 4. The highest BCUT2D eigenvalue weighted by molar-refractivity contribution is 5.92. The maximum absolute atomic E-state index is 12.0. The van der Waals surface area contributed by atoms with Crippen molar-refractivity contribution in [2.75, 3.05) is 0 Å². The van der Waals surface area contributed by atoms with Crippen LogP contribution < -0.4 is 5.43 Å². The van der Waals surface area contributed by atoms with E-state index in [4.69, 9.17) is 5.11 Å². The first-order valence-corrected chi connectivity index (χ1v) is 5.88. The van der Waals surface area contributed by atoms with E-state index in [1.54, 1.807) is 11.6 Å². The topological polar surface area (TPSA) is 88.0 Å². The first-order valence-electron chi connectivity index (χ1n) is 5.88. The van der Waals surface area contributed by atoms with Gasteiger partial charge in [-0.1, -0.05) is 13.3 Å². The molecular formula is C12H15N3O3. The van der Waals surface area contributed by atoms with Crippen LogP contribution in [0.1, 0.15) is 35.8 Å². The van der Waals surface area contributed by atoms with E-state index in [0.29, 0.717) is 23.3 Å². The summed E-state index contributed by atoms with van der Waals surface area (Å²) in [7, 11) is 0. The number of aromatic carboxylic acids is 1. The predicted molar refractivity (Wildman–Crippen MR) is 67.0 cm³/mol. The van der Waals surface area contributed by atoms with Crippen LogP contribution in [0.3, 0.4) is 0 Å². The molecule has 2 aromatic heterocycles. The van der Waals surface area contributed by atoms with E-state index < -0.39 is 11.4 Å². The van der Waals surface area contributed by atoms with Gasteiger partial charge in [0.1, 0.15) is 11.2 Å². The molecule has 2 N–H and O–H groups in total. The zero-order chi connectivity index (χ0) is 13.3. The number of carboxylic acid groups (broad SMARTS) is 1. The summed E-state index contributed by atoms with van der Waals surface area (Å²) in [5.74, 6) is -1.21. The van der Waals surface area contributed by atoms with Crippen molar-refractivity contribution >= 4 is 17.0 Å². The fourth-order valence-corrected chi connectivity index (χ4v) is 1.96. The lowest BCUT2D eigenvalue weighted by Gasteiger charge is -2.05. The largest absolute Gasteiger partial charge is 0.477 e. The van der Waals surface area contributed by atoms with E-state index in [0.717, 1.165) is 12.8 Å². The van der Waals surface area contributed by atoms with Crippen molar-refractivity contribution in [3.63, 3.8) is 0 Å². The van der Waals surface area contributed by atoms with E-state index in [1.807, 2.05) is 0 Å². The number of hydrogen-bond acceptors (Lipinski definition) is 3. The Balaban J connectivity index is 2.65. The van der Waals surface area contributed by atoms with Gasteiger partial charge in [-0.25, -0.2) is 9.48 Å². The molecule has 2 rings (SSSR count). The normalized spacial score (nSPS) is 11.0. The van der Waals surface area contributed by atoms with Gasteiger partial charge in [-0.15, -0.1) is 0 Å². The molecule has 0 bridgehead atoms. The van der Waals surface area contributed by atoms with Gasteiger partial charge in [0, 0.05) is 12.2 Å². The van der Waals surface area contributed by atoms with Crippen molar-refractivity contribution < 1.29 is 9.90 Å². The summed E-state index contributed by atoms with van der Waals surface area (Å²) in [5.41, 5.74) is 0.267. The molecule has 0 spiro atoms. The van der Waals surface area contributed by atoms with E-state index >= 15 is 0 Å². The average Bonchev–Trinajstić information content (AvgIpc) is 2.69. The number of carboxylic acids is 1. The van der Waals surface area contributed by atoms with Crippen molar-refractivity contribution in [2.45, 2.75) is 33.2 Å². The monoisotopic (exact) mass is 249 g/mol. The van der Waals surface area contributed by atoms with Crippen molar-refractivity contribution in [3.05, 3.63) is 27.7 Å². The minimum atomic E-state index is -1.21. The van der Waals surface area contributed by atoms with Gasteiger partial charge in [0.05, 0.1) is 11.6 Å². The lowest BCUT2D eigenvalue weighted by molar-refractivity contribution is 0.0694. The summed E-state index contributed by atoms with van der Waals surface area (Å²) in [6, 6.07) is 0. The molecule has 0 fully saturated rings. The van der Waals surface area contributed by atoms with Crippen LogP contribution in [0.15, 0.2) is 11.0 Å². The Hall–Kier alpha value is -2.11. The molecule has 0 amide bonds. The summed E-state index contributed by atoms with van der Waals surface area (Å²) in [5, 5.41) is 13.5. The Morgan fingerprint density at radius 1 is 1.56 bits per heavy atom. The van der Waals surface area contributed by atoms with Crippen molar-refractivity contribution in [1.82, 2.24) is 14.8 Å². The third-order valence-corrected chi connectivity index (χ3v) is 2.93. The number of H-pyrrole nitrogens is 1. The molecule has 0 aliphatic heterocycles. The van der Waals surface area contributed by atoms with Gasteiger partial charge in [0.2, 0.25) is 5.43 Å². The Kier molecular flexibility index (Phi) is 3.18. The van der Waals surface area contributed by atoms with Gasteiger partial charge in [-0.2, -0.15) is 5.10 Å². The second-order valence-corrected chi connectivity index (χ2v) is 4.24. The summed E-state index contributed by atoms with van der Waals surface area (Å²) in [4.78, 5) is 26.0. The highest BCUT2D eigenvalue weighted by atomic mass is 16.4. The minimum Gasteiger partial charge on any atom is -0.477 e. The van der Waals surface area contributed by atoms with Gasteiger partial charge in [0.25, 0.3) is 0 Å². The molecule has 0 aromatic carbocycles. The van der Waals surface area contributed by atoms with Crippen molar-refractivity contribution in [2.24, 2.45) is 0 Å². The lowest BCUT2D eigenvalue weighted by Crippen LogP contribution is -2.18. The molecule has 0 radical (unpaired) electrons. The van der Waals surface area contributed by atoms with Crippen LogP contribution in [0, 0.1) is 6.92 Å². The van der Waals surface area contributed by atoms with Gasteiger partial charge in [-0.3, -0.25) is 4.79 Å². The number of aryl methyl sites for hydroxylation is 2. The van der Waals surface area contributed by atoms with Gasteiger partial charge in [0.15, 0.2) is 0 Å². The summed E-state index contributed by atoms with van der Waals surface area (Å²) >= 11 is 0. The van der Waals surface area contributed by atoms with E-state index in [9.17, 15) is 9.59 Å². The summed E-state index contributed by atoms with van der Waals surface area (Å²) in [6.07, 6.45) is 3.41. The van der Waals surface area contributed by atoms with E-state index in [2.05, 4.69) is 17.0 Å². The molecule has 0 aliphatic rings. The first kappa shape index (κ1) is 12.3. The average molecular weight is 249 g/mol. The van der Waals surface area contributed by atoms with Crippen LogP contribution in [-0.2, 0) is 6.54 Å². The SMILES string of the molecule is CCCCn1ncc2c(=O)c(C(=O)O)c(C)[nH]c21. The number of fused-ring (bicyclic) bond motifs is 1. The molecule has 18 heavy (non-hydrogen) atoms. The molecule has 0 saturated carbocycles. The van der Waals surface area contributed by atoms with Gasteiger partial charge >= 0.3 is 5.97 Å². The number of nitrogens with one attached hydrogen (secondary N) is 1. The van der Waals surface area contributed by atoms with E-state index in [1.165, 1.54) is 6.20 Å². The van der Waals surface area contributed by atoms with Crippen LogP contribution in [0.5, 0.6) is 0 Å². The van der Waals surface area contributed by atoms with Crippen molar-refractivity contribution in [1.29, 1.82) is 0 Å². The van der Waals surface area contributed by atoms with Crippen LogP contribution in [0.25, 0.3) is 11.0 Å². The third-order valence-electron chi connectivity index (χ3n) is 2.93. The fourth-order valence-electron chi connectivity index (χ4n) is 1.96. The molecular weight excluding hydrogens is 234 g/mol. The van der Waals surface area contributed by atoms with Crippen LogP contribution in [-0.4, -0.2) is 25.8 Å². The maximum atomic E-state index is 12.0. The quantitative estimate of drug-likeness (QED) is 0.860. The maximum Gasteiger partial charge on any atom is 0.341 e. The molecule has 6 nitrogen and oxygen atoms in total. The standard InChI is InChI=1S/C12H15N3O3/c1-3-4-5-15-11-8(6-13-15)10(16)9(12(17)18)7(2)14-11/h6H,3-5H2,1-2H3,(H,14,16)(H,17,18). The highest BCUT2D eigenvalue weighted by Crippen LogP contribution is 2.11. The Labute approximate surface area is 103 Å². The summed E-state index contributed by atoms with van der Waals surface area (Å²) in [6.45, 7) is 4.37. The van der Waals surface area contributed by atoms with Gasteiger partial charge in [-0.05, 0) is 13.3 Å². The highest BCUT2D eigenvalue weighted by Gasteiger charge is 2.17. The first-order chi connectivity index (χ1) is 8.56. The zero-order valence-corrected chi connectivity index (χ0v) is 10.4. The Morgan fingerprint density at radius 2 is 2.28 bits per heavy atom. The van der Waals surface area contributed by atoms with Crippen LogP contribution in [0.2, 0.25) is 0 Å². The number of aromatic amines is 1. The second kappa shape index (κ2) is 4.64. The molecule has 96 valence electrons. The molecule has 0 saturated heterocycles. The van der Waals surface area contributed by atoms with E-state index in [-0.39, 0.29) is 5.56 Å². The Morgan fingerprint density at radius 3 is 2.89 bits per heavy atom. The number of nitrogens with zero attached hydrogens (tertiary/aromatic N) is 2. The number of pyridine rings is 1. The predicted octanol–water partition coefficient (Wildman–Crippen LogP) is 1.53. The van der Waals surface area contributed by atoms with Gasteiger partial charge < -0.3 is 10.1 Å². The zero-order valence-electron chi connectivity index (χ0n) is 10.4. The molecule has 0 aliphatic carbocycles. The number of aromatic nitrogens is 3. The number of unbranched alkanes of at least 4 members (excludes halogenated alkanes) is 1.